The zero-order valence-corrected chi connectivity index (χ0v) is 18.4. The van der Waals surface area contributed by atoms with Gasteiger partial charge in [-0.25, -0.2) is 5.43 Å². The maximum Gasteiger partial charge on any atom is 0.271 e. The van der Waals surface area contributed by atoms with Gasteiger partial charge in [-0.05, 0) is 60.2 Å². The van der Waals surface area contributed by atoms with Crippen LogP contribution in [0.4, 0.5) is 0 Å². The number of hydrogen-bond acceptors (Lipinski definition) is 5. The maximum atomic E-state index is 12.2. The molecule has 0 heterocycles. The van der Waals surface area contributed by atoms with Crippen molar-refractivity contribution in [3.63, 3.8) is 0 Å². The number of ether oxygens (including phenoxy) is 3. The number of carbonyl (C=O) groups is 1. The summed E-state index contributed by atoms with van der Waals surface area (Å²) in [5.74, 6) is 1.41. The molecular weight excluding hydrogens is 439 g/mol. The fraction of sp³-hybridized carbons (Fsp3) is 0.130. The Hall–Kier alpha value is -3.22. The smallest absolute Gasteiger partial charge is 0.271 e. The number of methoxy groups -OCH3 is 2. The average molecular weight is 459 g/mol. The van der Waals surface area contributed by atoms with E-state index in [-0.39, 0.29) is 12.5 Å². The van der Waals surface area contributed by atoms with E-state index in [1.54, 1.807) is 74.9 Å². The molecule has 0 atom stereocenters. The minimum Gasteiger partial charge on any atom is -0.497 e. The highest BCUT2D eigenvalue weighted by Crippen LogP contribution is 2.30. The second kappa shape index (κ2) is 10.7. The van der Waals surface area contributed by atoms with Gasteiger partial charge < -0.3 is 14.2 Å². The number of nitrogens with one attached hydrogen (secondary N) is 1. The van der Waals surface area contributed by atoms with E-state index in [1.807, 2.05) is 0 Å². The fourth-order valence-corrected chi connectivity index (χ4v) is 3.12. The van der Waals surface area contributed by atoms with E-state index in [4.69, 9.17) is 37.4 Å². The summed E-state index contributed by atoms with van der Waals surface area (Å²) >= 11 is 12.1. The number of carbonyl (C=O) groups excluding carboxylic acids is 1. The van der Waals surface area contributed by atoms with Crippen molar-refractivity contribution in [1.82, 2.24) is 5.43 Å². The van der Waals surface area contributed by atoms with Crippen LogP contribution in [0.2, 0.25) is 10.0 Å². The average Bonchev–Trinajstić information content (AvgIpc) is 2.78. The molecule has 0 aliphatic carbocycles. The molecule has 3 aromatic rings. The molecule has 1 amide bonds. The summed E-state index contributed by atoms with van der Waals surface area (Å²) in [6.07, 6.45) is 1.52. The topological polar surface area (TPSA) is 69.2 Å². The van der Waals surface area contributed by atoms with Gasteiger partial charge in [-0.2, -0.15) is 5.10 Å². The van der Waals surface area contributed by atoms with Crippen molar-refractivity contribution in [1.29, 1.82) is 0 Å². The van der Waals surface area contributed by atoms with Gasteiger partial charge in [-0.3, -0.25) is 4.79 Å². The van der Waals surface area contributed by atoms with E-state index in [1.165, 1.54) is 6.21 Å². The van der Waals surface area contributed by atoms with E-state index in [0.29, 0.717) is 38.4 Å². The number of hydrogen-bond donors (Lipinski definition) is 1. The SMILES string of the molecule is COc1ccc(C(=O)N/N=C\c2ccc(OC)c(OCc3ccc(Cl)cc3Cl)c2)cc1. The van der Waals surface area contributed by atoms with Gasteiger partial charge in [0.25, 0.3) is 5.91 Å². The standard InChI is InChI=1S/C23H20Cl2N2O4/c1-29-19-8-5-16(6-9-19)23(28)27-26-13-15-3-10-21(30-2)22(11-15)31-14-17-4-7-18(24)12-20(17)25/h3-13H,14H2,1-2H3,(H,27,28)/b26-13-. The molecule has 3 rings (SSSR count). The first-order valence-corrected chi connectivity index (χ1v) is 9.98. The highest BCUT2D eigenvalue weighted by atomic mass is 35.5. The summed E-state index contributed by atoms with van der Waals surface area (Å²) in [4.78, 5) is 12.2. The Morgan fingerprint density at radius 1 is 0.968 bits per heavy atom. The minimum absolute atomic E-state index is 0.237. The van der Waals surface area contributed by atoms with Crippen LogP contribution in [0.15, 0.2) is 65.8 Å². The van der Waals surface area contributed by atoms with Gasteiger partial charge in [0.1, 0.15) is 12.4 Å². The molecule has 0 fully saturated rings. The third-order valence-corrected chi connectivity index (χ3v) is 4.90. The van der Waals surface area contributed by atoms with Crippen LogP contribution in [0.1, 0.15) is 21.5 Å². The number of amides is 1. The third kappa shape index (κ3) is 6.13. The van der Waals surface area contributed by atoms with Crippen molar-refractivity contribution < 1.29 is 19.0 Å². The molecule has 0 spiro atoms. The van der Waals surface area contributed by atoms with E-state index in [0.717, 1.165) is 5.56 Å². The zero-order valence-electron chi connectivity index (χ0n) is 16.9. The lowest BCUT2D eigenvalue weighted by Crippen LogP contribution is -2.17. The van der Waals surface area contributed by atoms with Crippen molar-refractivity contribution in [2.75, 3.05) is 14.2 Å². The highest BCUT2D eigenvalue weighted by Gasteiger charge is 2.08. The van der Waals surface area contributed by atoms with Crippen LogP contribution >= 0.6 is 23.2 Å². The molecule has 0 saturated carbocycles. The van der Waals surface area contributed by atoms with Crippen LogP contribution in [0.25, 0.3) is 0 Å². The minimum atomic E-state index is -0.332. The Kier molecular flexibility index (Phi) is 7.76. The number of rotatable bonds is 8. The normalized spacial score (nSPS) is 10.7. The van der Waals surface area contributed by atoms with Gasteiger partial charge in [-0.1, -0.05) is 29.3 Å². The molecule has 3 aromatic carbocycles. The van der Waals surface area contributed by atoms with Crippen LogP contribution in [0, 0.1) is 0 Å². The third-order valence-electron chi connectivity index (χ3n) is 4.32. The number of nitrogens with zero attached hydrogens (tertiary/aromatic N) is 1. The molecule has 0 aliphatic rings. The Labute approximate surface area is 190 Å². The molecule has 0 aliphatic heterocycles. The van der Waals surface area contributed by atoms with Gasteiger partial charge >= 0.3 is 0 Å². The van der Waals surface area contributed by atoms with Gasteiger partial charge in [0.05, 0.1) is 20.4 Å². The lowest BCUT2D eigenvalue weighted by Gasteiger charge is -2.12. The Bertz CT molecular complexity index is 1090. The molecule has 0 aromatic heterocycles. The molecule has 8 heteroatoms. The molecule has 6 nitrogen and oxygen atoms in total. The molecule has 0 unspecified atom stereocenters. The van der Waals surface area contributed by atoms with E-state index >= 15 is 0 Å². The van der Waals surface area contributed by atoms with Crippen LogP contribution in [0.3, 0.4) is 0 Å². The van der Waals surface area contributed by atoms with Crippen molar-refractivity contribution in [2.45, 2.75) is 6.61 Å². The maximum absolute atomic E-state index is 12.2. The second-order valence-electron chi connectivity index (χ2n) is 6.36. The lowest BCUT2D eigenvalue weighted by atomic mass is 10.2. The largest absolute Gasteiger partial charge is 0.497 e. The van der Waals surface area contributed by atoms with Crippen molar-refractivity contribution in [3.05, 3.63) is 87.4 Å². The van der Waals surface area contributed by atoms with Crippen molar-refractivity contribution in [3.8, 4) is 17.2 Å². The first kappa shape index (κ1) is 22.5. The predicted molar refractivity (Wildman–Crippen MR) is 122 cm³/mol. The Morgan fingerprint density at radius 3 is 2.42 bits per heavy atom. The molecule has 0 saturated heterocycles. The lowest BCUT2D eigenvalue weighted by molar-refractivity contribution is 0.0955. The van der Waals surface area contributed by atoms with E-state index < -0.39 is 0 Å². The molecule has 1 N–H and O–H groups in total. The summed E-state index contributed by atoms with van der Waals surface area (Å²) in [7, 11) is 3.12. The van der Waals surface area contributed by atoms with E-state index in [2.05, 4.69) is 10.5 Å². The molecule has 160 valence electrons. The van der Waals surface area contributed by atoms with Gasteiger partial charge in [-0.15, -0.1) is 0 Å². The first-order chi connectivity index (χ1) is 15.0. The summed E-state index contributed by atoms with van der Waals surface area (Å²) in [6.45, 7) is 0.237. The second-order valence-corrected chi connectivity index (χ2v) is 7.21. The Morgan fingerprint density at radius 2 is 1.74 bits per heavy atom. The summed E-state index contributed by atoms with van der Waals surface area (Å²) in [5, 5.41) is 5.09. The molecule has 0 bridgehead atoms. The quantitative estimate of drug-likeness (QED) is 0.364. The summed E-state index contributed by atoms with van der Waals surface area (Å²) < 4.78 is 16.3. The predicted octanol–water partition coefficient (Wildman–Crippen LogP) is 5.35. The summed E-state index contributed by atoms with van der Waals surface area (Å²) in [5.41, 5.74) is 4.47. The number of hydrazone groups is 1. The number of halogens is 2. The van der Waals surface area contributed by atoms with Crippen molar-refractivity contribution in [2.24, 2.45) is 5.10 Å². The molecule has 0 radical (unpaired) electrons. The van der Waals surface area contributed by atoms with Crippen molar-refractivity contribution >= 4 is 35.3 Å². The monoisotopic (exact) mass is 458 g/mol. The fourth-order valence-electron chi connectivity index (χ4n) is 2.65. The van der Waals surface area contributed by atoms with Gasteiger partial charge in [0.2, 0.25) is 0 Å². The van der Waals surface area contributed by atoms with E-state index in [9.17, 15) is 4.79 Å². The van der Waals surface area contributed by atoms with Gasteiger partial charge in [0, 0.05) is 21.2 Å². The van der Waals surface area contributed by atoms with Crippen LogP contribution in [0.5, 0.6) is 17.2 Å². The first-order valence-electron chi connectivity index (χ1n) is 9.22. The van der Waals surface area contributed by atoms with Crippen LogP contribution in [-0.2, 0) is 6.61 Å². The summed E-state index contributed by atoms with van der Waals surface area (Å²) in [6, 6.07) is 17.2. The number of benzene rings is 3. The van der Waals surface area contributed by atoms with Crippen LogP contribution < -0.4 is 19.6 Å². The van der Waals surface area contributed by atoms with Gasteiger partial charge in [0.15, 0.2) is 11.5 Å². The zero-order chi connectivity index (χ0) is 22.2. The van der Waals surface area contributed by atoms with Crippen LogP contribution in [-0.4, -0.2) is 26.3 Å². The highest BCUT2D eigenvalue weighted by molar-refractivity contribution is 6.35. The Balaban J connectivity index is 1.66. The molecular formula is C23H20Cl2N2O4. The molecule has 31 heavy (non-hydrogen) atoms.